The summed E-state index contributed by atoms with van der Waals surface area (Å²) >= 11 is 0. The van der Waals surface area contributed by atoms with Crippen molar-refractivity contribution in [3.05, 3.63) is 0 Å². The van der Waals surface area contributed by atoms with Crippen LogP contribution in [0.15, 0.2) is 0 Å². The molecule has 4 amide bonds. The van der Waals surface area contributed by atoms with E-state index in [0.29, 0.717) is 0 Å². The Kier molecular flexibility index (Phi) is 17.7. The molecule has 0 aromatic rings. The van der Waals surface area contributed by atoms with Gasteiger partial charge in [0.1, 0.15) is 78.8 Å². The van der Waals surface area contributed by atoms with E-state index in [1.165, 1.54) is 35.5 Å². The monoisotopic (exact) mass is 1100 g/mol. The molecule has 8 rings (SSSR count). The van der Waals surface area contributed by atoms with Crippen LogP contribution in [0.2, 0.25) is 0 Å². The van der Waals surface area contributed by atoms with Gasteiger partial charge in [0.15, 0.2) is 48.3 Å². The lowest BCUT2D eigenvalue weighted by Gasteiger charge is -2.34. The van der Waals surface area contributed by atoms with Crippen LogP contribution in [0.25, 0.3) is 0 Å². The van der Waals surface area contributed by atoms with E-state index in [1.54, 1.807) is 76.2 Å². The number of carbonyl (C=O) groups is 5. The van der Waals surface area contributed by atoms with Crippen molar-refractivity contribution < 1.29 is 109 Å². The summed E-state index contributed by atoms with van der Waals surface area (Å²) in [6.07, 6.45) is -16.6. The summed E-state index contributed by atoms with van der Waals surface area (Å²) in [6.45, 7) is 18.9. The van der Waals surface area contributed by atoms with E-state index in [-0.39, 0.29) is 6.42 Å². The van der Waals surface area contributed by atoms with Crippen molar-refractivity contribution in [1.82, 2.24) is 21.3 Å². The van der Waals surface area contributed by atoms with Crippen LogP contribution in [0.3, 0.4) is 0 Å². The Balaban J connectivity index is 1.05. The number of esters is 1. The first-order valence-electron chi connectivity index (χ1n) is 26.1. The highest BCUT2D eigenvalue weighted by Crippen LogP contribution is 2.44. The fourth-order valence-corrected chi connectivity index (χ4v) is 11.5. The zero-order valence-corrected chi connectivity index (χ0v) is 46.8. The van der Waals surface area contributed by atoms with Crippen LogP contribution in [-0.4, -0.2) is 217 Å². The van der Waals surface area contributed by atoms with E-state index in [0.717, 1.165) is 0 Å². The second-order valence-corrected chi connectivity index (χ2v) is 23.2. The highest BCUT2D eigenvalue weighted by molar-refractivity contribution is 5.83. The van der Waals surface area contributed by atoms with Crippen LogP contribution in [-0.2, 0) is 104 Å². The molecule has 8 aliphatic heterocycles. The van der Waals surface area contributed by atoms with Gasteiger partial charge in [-0.3, -0.25) is 19.2 Å². The average Bonchev–Trinajstić information content (AvgIpc) is 4.23. The molecule has 4 N–H and O–H groups in total. The first kappa shape index (κ1) is 59.6. The van der Waals surface area contributed by atoms with Crippen LogP contribution < -0.4 is 21.3 Å². The minimum absolute atomic E-state index is 0.335. The first-order chi connectivity index (χ1) is 36.0. The SMILES string of the molecule is COC(=O)CC(NC(=O)CC(NC(=O)CC(NC(=O)CC(NC(=O)OC(C)(C)C)[C@H]1O[C@@H]2OC(C)(C)O[C@@H]2[C@H]1OC)[C@@H]1O[C@@H]2OC(C)(C)O[C@@H]2[C@H]1OC)[C@H]1O[C@@H]2OC(C)(C)O[C@@H]2[C@H]1OC)[C@@H]1O[C@@H]2OC(C)(C)O[C@@H]2[C@H]1OC. The number of ether oxygens (including phenoxy) is 18. The fourth-order valence-electron chi connectivity index (χ4n) is 11.5. The Hall–Kier alpha value is -3.49. The van der Waals surface area contributed by atoms with E-state index >= 15 is 0 Å². The summed E-state index contributed by atoms with van der Waals surface area (Å²) in [5.74, 6) is -6.75. The molecule has 8 aliphatic rings. The zero-order chi connectivity index (χ0) is 56.3. The van der Waals surface area contributed by atoms with Gasteiger partial charge in [-0.2, -0.15) is 0 Å². The predicted octanol–water partition coefficient (Wildman–Crippen LogP) is 0.633. The summed E-state index contributed by atoms with van der Waals surface area (Å²) in [5.41, 5.74) is -0.907. The van der Waals surface area contributed by atoms with E-state index in [9.17, 15) is 24.0 Å². The van der Waals surface area contributed by atoms with Gasteiger partial charge in [0.2, 0.25) is 17.7 Å². The third-order valence-corrected chi connectivity index (χ3v) is 14.4. The molecule has 8 fully saturated rings. The standard InChI is InChI=1S/C50H80N4O23/c1-46(2,3)77-45(59)54-23(31-35(63-15)39-43(67-31)75-49(8,9)71-39)19-27(57)52-21(29-33(61-13)37-41(65-29)73-47(4,5)69-37)17-25(55)51-22(30-34(62-14)38-42(66-30)74-48(6,7)70-38)18-26(56)53-24(20-28(58)60-12)32-36(64-16)40-44(68-32)76-50(10,11)72-40/h21-24,29-44H,17-20H2,1-16H3,(H,51,55)(H,52,57)(H,53,56)(H,54,59)/t21?,22?,23?,24?,29-,30+,31+,32-,33-,34-,35-,36-,37+,38+,39+,40+,41+,42+,43+,44+/m0/s1. The largest absolute Gasteiger partial charge is 0.469 e. The molecule has 0 aliphatic carbocycles. The maximum absolute atomic E-state index is 14.9. The van der Waals surface area contributed by atoms with Crippen molar-refractivity contribution in [3.8, 4) is 0 Å². The minimum Gasteiger partial charge on any atom is -0.469 e. The summed E-state index contributed by atoms with van der Waals surface area (Å²) in [6, 6.07) is -4.53. The first-order valence-corrected chi connectivity index (χ1v) is 26.1. The summed E-state index contributed by atoms with van der Waals surface area (Å²) in [7, 11) is 7.00. The Morgan fingerprint density at radius 2 is 0.675 bits per heavy atom. The summed E-state index contributed by atoms with van der Waals surface area (Å²) in [5, 5.41) is 11.6. The molecule has 27 nitrogen and oxygen atoms in total. The third kappa shape index (κ3) is 13.5. The Bertz CT molecular complexity index is 2140. The van der Waals surface area contributed by atoms with Gasteiger partial charge in [-0.1, -0.05) is 0 Å². The van der Waals surface area contributed by atoms with Crippen LogP contribution in [0, 0.1) is 0 Å². The highest BCUT2D eigenvalue weighted by Gasteiger charge is 2.62. The van der Waals surface area contributed by atoms with Gasteiger partial charge in [0.25, 0.3) is 0 Å². The number of fused-ring (bicyclic) bond motifs is 4. The molecule has 8 saturated heterocycles. The number of alkyl carbamates (subject to hydrolysis) is 1. The number of amides is 4. The van der Waals surface area contributed by atoms with Crippen molar-refractivity contribution >= 4 is 29.8 Å². The Labute approximate surface area is 448 Å². The van der Waals surface area contributed by atoms with E-state index in [4.69, 9.17) is 85.3 Å². The quantitative estimate of drug-likeness (QED) is 0.122. The van der Waals surface area contributed by atoms with Gasteiger partial charge in [0.05, 0.1) is 37.7 Å². The van der Waals surface area contributed by atoms with Crippen molar-refractivity contribution in [2.75, 3.05) is 35.5 Å². The molecule has 0 aromatic heterocycles. The van der Waals surface area contributed by atoms with Gasteiger partial charge in [-0.25, -0.2) is 4.79 Å². The second-order valence-electron chi connectivity index (χ2n) is 23.2. The number of rotatable bonds is 20. The molecule has 20 atom stereocenters. The van der Waals surface area contributed by atoms with E-state index < -0.39 is 200 Å². The maximum atomic E-state index is 14.9. The Morgan fingerprint density at radius 3 is 0.922 bits per heavy atom. The highest BCUT2D eigenvalue weighted by atomic mass is 16.9. The van der Waals surface area contributed by atoms with Crippen LogP contribution in [0.4, 0.5) is 4.79 Å². The predicted molar refractivity (Wildman–Crippen MR) is 257 cm³/mol. The fraction of sp³-hybridized carbons (Fsp3) is 0.900. The molecule has 0 radical (unpaired) electrons. The molecule has 0 spiro atoms. The maximum Gasteiger partial charge on any atom is 0.407 e. The zero-order valence-electron chi connectivity index (χ0n) is 46.8. The molecule has 438 valence electrons. The number of methoxy groups -OCH3 is 5. The van der Waals surface area contributed by atoms with Crippen molar-refractivity contribution in [1.29, 1.82) is 0 Å². The molecular weight excluding hydrogens is 1020 g/mol. The van der Waals surface area contributed by atoms with Gasteiger partial charge >= 0.3 is 12.1 Å². The van der Waals surface area contributed by atoms with E-state index in [2.05, 4.69) is 21.3 Å². The van der Waals surface area contributed by atoms with Crippen molar-refractivity contribution in [2.24, 2.45) is 0 Å². The average molecular weight is 1110 g/mol. The van der Waals surface area contributed by atoms with E-state index in [1.807, 2.05) is 0 Å². The topological polar surface area (TPSA) is 300 Å². The third-order valence-electron chi connectivity index (χ3n) is 14.4. The number of hydrogen-bond acceptors (Lipinski definition) is 23. The lowest BCUT2D eigenvalue weighted by molar-refractivity contribution is -0.221. The molecule has 77 heavy (non-hydrogen) atoms. The number of carbonyl (C=O) groups excluding carboxylic acids is 5. The molecule has 0 bridgehead atoms. The van der Waals surface area contributed by atoms with Crippen molar-refractivity contribution in [3.63, 3.8) is 0 Å². The molecule has 4 unspecified atom stereocenters. The van der Waals surface area contributed by atoms with Gasteiger partial charge in [0, 0.05) is 47.7 Å². The number of hydrogen-bond donors (Lipinski definition) is 4. The van der Waals surface area contributed by atoms with Crippen LogP contribution in [0.5, 0.6) is 0 Å². The van der Waals surface area contributed by atoms with Gasteiger partial charge in [-0.05, 0) is 76.2 Å². The summed E-state index contributed by atoms with van der Waals surface area (Å²) in [4.78, 5) is 70.4. The molecule has 0 aromatic carbocycles. The van der Waals surface area contributed by atoms with Gasteiger partial charge in [-0.15, -0.1) is 0 Å². The summed E-state index contributed by atoms with van der Waals surface area (Å²) < 4.78 is 108. The lowest BCUT2D eigenvalue weighted by Crippen LogP contribution is -2.57. The minimum atomic E-state index is -1.20. The molecular formula is C50H80N4O23. The lowest BCUT2D eigenvalue weighted by atomic mass is 9.96. The van der Waals surface area contributed by atoms with Crippen LogP contribution >= 0.6 is 0 Å². The van der Waals surface area contributed by atoms with Crippen LogP contribution in [0.1, 0.15) is 102 Å². The smallest absolute Gasteiger partial charge is 0.407 e. The second kappa shape index (κ2) is 22.8. The van der Waals surface area contributed by atoms with Gasteiger partial charge < -0.3 is 107 Å². The van der Waals surface area contributed by atoms with Crippen molar-refractivity contribution in [2.45, 2.75) is 253 Å². The Morgan fingerprint density at radius 1 is 0.416 bits per heavy atom. The number of nitrogens with one attached hydrogen (secondary N) is 4. The normalized spacial score (nSPS) is 38.4. The molecule has 8 heterocycles. The molecule has 27 heteroatoms. The molecule has 0 saturated carbocycles.